The molecule has 0 aliphatic carbocycles. The van der Waals surface area contributed by atoms with Gasteiger partial charge in [0.05, 0.1) is 0 Å². The van der Waals surface area contributed by atoms with Crippen molar-refractivity contribution in [1.29, 1.82) is 0 Å². The maximum absolute atomic E-state index is 5.32. The van der Waals surface area contributed by atoms with Crippen LogP contribution < -0.4 is 0 Å². The Hall–Kier alpha value is -0.283. The lowest BCUT2D eigenvalue weighted by Crippen LogP contribution is -2.16. The summed E-state index contributed by atoms with van der Waals surface area (Å²) >= 11 is 0. The fourth-order valence-corrected chi connectivity index (χ4v) is 3.67. The minimum absolute atomic E-state index is 1.08. The van der Waals surface area contributed by atoms with Crippen molar-refractivity contribution in [3.05, 3.63) is 12.8 Å². The van der Waals surface area contributed by atoms with Crippen molar-refractivity contribution in [3.63, 3.8) is 0 Å². The molecule has 0 bridgehead atoms. The standard InChI is InChI=1S/C10H22O2Si/c1-4-7-9-13(10-8-5-2)12-11-6-3/h6,13H,3-5,7-10H2,1-2H3. The van der Waals surface area contributed by atoms with E-state index in [0.717, 1.165) is 0 Å². The lowest BCUT2D eigenvalue weighted by molar-refractivity contribution is -0.156. The molecule has 0 aromatic rings. The van der Waals surface area contributed by atoms with Crippen LogP contribution in [0.25, 0.3) is 0 Å². The largest absolute Gasteiger partial charge is 0.358 e. The summed E-state index contributed by atoms with van der Waals surface area (Å²) in [7, 11) is -1.08. The van der Waals surface area contributed by atoms with Crippen LogP contribution in [0.5, 0.6) is 0 Å². The maximum atomic E-state index is 5.32. The van der Waals surface area contributed by atoms with Gasteiger partial charge in [-0.2, -0.15) is 0 Å². The molecule has 0 aromatic carbocycles. The Morgan fingerprint density at radius 2 is 1.69 bits per heavy atom. The van der Waals surface area contributed by atoms with Crippen LogP contribution in [0, 0.1) is 0 Å². The van der Waals surface area contributed by atoms with Gasteiger partial charge in [-0.15, -0.1) is 0 Å². The van der Waals surface area contributed by atoms with Gasteiger partial charge < -0.3 is 4.89 Å². The van der Waals surface area contributed by atoms with E-state index >= 15 is 0 Å². The first-order chi connectivity index (χ1) is 6.35. The van der Waals surface area contributed by atoms with Crippen molar-refractivity contribution >= 4 is 9.04 Å². The summed E-state index contributed by atoms with van der Waals surface area (Å²) in [5.74, 6) is 0. The highest BCUT2D eigenvalue weighted by Crippen LogP contribution is 2.11. The molecule has 13 heavy (non-hydrogen) atoms. The van der Waals surface area contributed by atoms with Crippen LogP contribution >= 0.6 is 0 Å². The summed E-state index contributed by atoms with van der Waals surface area (Å²) < 4.78 is 5.32. The van der Waals surface area contributed by atoms with E-state index in [4.69, 9.17) is 9.46 Å². The van der Waals surface area contributed by atoms with E-state index in [-0.39, 0.29) is 0 Å². The summed E-state index contributed by atoms with van der Waals surface area (Å²) in [6.45, 7) is 7.88. The van der Waals surface area contributed by atoms with Crippen LogP contribution in [0.3, 0.4) is 0 Å². The van der Waals surface area contributed by atoms with Gasteiger partial charge in [0.15, 0.2) is 0 Å². The average molecular weight is 202 g/mol. The summed E-state index contributed by atoms with van der Waals surface area (Å²) in [6, 6.07) is 2.45. The van der Waals surface area contributed by atoms with Gasteiger partial charge in [-0.3, -0.25) is 0 Å². The van der Waals surface area contributed by atoms with Gasteiger partial charge in [0.2, 0.25) is 9.04 Å². The molecule has 0 fully saturated rings. The lowest BCUT2D eigenvalue weighted by Gasteiger charge is -2.12. The van der Waals surface area contributed by atoms with E-state index < -0.39 is 9.04 Å². The zero-order valence-electron chi connectivity index (χ0n) is 8.92. The second-order valence-corrected chi connectivity index (χ2v) is 5.86. The smallest absolute Gasteiger partial charge is 0.239 e. The van der Waals surface area contributed by atoms with E-state index in [0.29, 0.717) is 0 Å². The van der Waals surface area contributed by atoms with Crippen LogP contribution in [-0.2, 0) is 9.46 Å². The van der Waals surface area contributed by atoms with Gasteiger partial charge in [-0.25, -0.2) is 4.58 Å². The van der Waals surface area contributed by atoms with Crippen LogP contribution in [-0.4, -0.2) is 9.04 Å². The summed E-state index contributed by atoms with van der Waals surface area (Å²) in [5.41, 5.74) is 0. The molecule has 0 saturated carbocycles. The normalized spacial score (nSPS) is 10.4. The van der Waals surface area contributed by atoms with E-state index in [9.17, 15) is 0 Å². The number of unbranched alkanes of at least 4 members (excludes halogenated alkanes) is 2. The summed E-state index contributed by atoms with van der Waals surface area (Å²) in [5, 5.41) is 0. The van der Waals surface area contributed by atoms with Crippen LogP contribution in [0.15, 0.2) is 12.8 Å². The van der Waals surface area contributed by atoms with Crippen LogP contribution in [0.1, 0.15) is 39.5 Å². The molecule has 0 rings (SSSR count). The van der Waals surface area contributed by atoms with Gasteiger partial charge >= 0.3 is 0 Å². The predicted molar refractivity (Wildman–Crippen MR) is 58.9 cm³/mol. The fourth-order valence-electron chi connectivity index (χ4n) is 1.22. The number of rotatable bonds is 9. The first kappa shape index (κ1) is 12.7. The monoisotopic (exact) mass is 202 g/mol. The molecule has 0 N–H and O–H groups in total. The first-order valence-corrected chi connectivity index (χ1v) is 7.38. The molecule has 3 heteroatoms. The van der Waals surface area contributed by atoms with Crippen molar-refractivity contribution in [2.45, 2.75) is 51.6 Å². The van der Waals surface area contributed by atoms with E-state index in [1.54, 1.807) is 0 Å². The third-order valence-electron chi connectivity index (χ3n) is 2.02. The zero-order valence-corrected chi connectivity index (χ0v) is 10.1. The minimum Gasteiger partial charge on any atom is -0.358 e. The molecule has 0 aliphatic rings. The lowest BCUT2D eigenvalue weighted by atomic mass is 10.4. The Morgan fingerprint density at radius 3 is 2.08 bits per heavy atom. The Morgan fingerprint density at radius 1 is 1.15 bits per heavy atom. The Bertz CT molecular complexity index is 109. The van der Waals surface area contributed by atoms with Gasteiger partial charge in [-0.05, 0) is 12.1 Å². The molecule has 0 heterocycles. The number of hydrogen-bond acceptors (Lipinski definition) is 2. The van der Waals surface area contributed by atoms with Crippen molar-refractivity contribution < 1.29 is 9.46 Å². The highest BCUT2D eigenvalue weighted by Gasteiger charge is 2.12. The topological polar surface area (TPSA) is 18.5 Å². The second kappa shape index (κ2) is 9.80. The Kier molecular flexibility index (Phi) is 9.59. The van der Waals surface area contributed by atoms with Crippen molar-refractivity contribution in [2.24, 2.45) is 0 Å². The SMILES string of the molecule is C=COO[SiH](CCCC)CCCC. The van der Waals surface area contributed by atoms with Crippen molar-refractivity contribution in [3.8, 4) is 0 Å². The molecule has 0 spiro atoms. The van der Waals surface area contributed by atoms with Gasteiger partial charge in [0.1, 0.15) is 6.26 Å². The first-order valence-electron chi connectivity index (χ1n) is 5.28. The molecule has 2 nitrogen and oxygen atoms in total. The predicted octanol–water partition coefficient (Wildman–Crippen LogP) is 3.40. The van der Waals surface area contributed by atoms with Crippen molar-refractivity contribution in [1.82, 2.24) is 0 Å². The quantitative estimate of drug-likeness (QED) is 0.247. The molecular weight excluding hydrogens is 180 g/mol. The molecule has 0 aromatic heterocycles. The minimum atomic E-state index is -1.08. The number of hydrogen-bond donors (Lipinski definition) is 0. The molecule has 0 aliphatic heterocycles. The molecule has 0 atom stereocenters. The van der Waals surface area contributed by atoms with Crippen molar-refractivity contribution in [2.75, 3.05) is 0 Å². The third-order valence-corrected chi connectivity index (χ3v) is 4.51. The third kappa shape index (κ3) is 8.06. The molecular formula is C10H22O2Si. The summed E-state index contributed by atoms with van der Waals surface area (Å²) in [4.78, 5) is 4.82. The fraction of sp³-hybridized carbons (Fsp3) is 0.800. The highest BCUT2D eigenvalue weighted by molar-refractivity contribution is 6.51. The van der Waals surface area contributed by atoms with E-state index in [1.807, 2.05) is 0 Å². The molecule has 0 saturated heterocycles. The van der Waals surface area contributed by atoms with E-state index in [2.05, 4.69) is 20.4 Å². The molecule has 0 amide bonds. The van der Waals surface area contributed by atoms with Crippen LogP contribution in [0.4, 0.5) is 0 Å². The molecule has 78 valence electrons. The zero-order chi connectivity index (χ0) is 9.94. The van der Waals surface area contributed by atoms with Gasteiger partial charge in [0, 0.05) is 0 Å². The van der Waals surface area contributed by atoms with Gasteiger partial charge in [-0.1, -0.05) is 46.1 Å². The second-order valence-electron chi connectivity index (χ2n) is 3.27. The van der Waals surface area contributed by atoms with Gasteiger partial charge in [0.25, 0.3) is 0 Å². The average Bonchev–Trinajstić information content (AvgIpc) is 2.17. The molecule has 0 radical (unpaired) electrons. The Labute approximate surface area is 83.6 Å². The Balaban J connectivity index is 3.52. The van der Waals surface area contributed by atoms with Crippen LogP contribution in [0.2, 0.25) is 12.1 Å². The summed E-state index contributed by atoms with van der Waals surface area (Å²) in [6.07, 6.45) is 6.39. The molecule has 0 unspecified atom stereocenters. The highest BCUT2D eigenvalue weighted by atomic mass is 28.3. The maximum Gasteiger partial charge on any atom is 0.239 e. The van der Waals surface area contributed by atoms with E-state index in [1.165, 1.54) is 44.0 Å².